The van der Waals surface area contributed by atoms with E-state index in [0.29, 0.717) is 10.0 Å². The fraction of sp³-hybridized carbons (Fsp3) is 0.500. The Hall–Kier alpha value is -0.920. The number of sulfonamides is 1. The number of carbonyl (C=O) groups excluding carboxylic acids is 1. The summed E-state index contributed by atoms with van der Waals surface area (Å²) in [7, 11) is -3.69. The van der Waals surface area contributed by atoms with Crippen LogP contribution in [0.2, 0.25) is 0 Å². The van der Waals surface area contributed by atoms with Gasteiger partial charge >= 0.3 is 0 Å². The lowest BCUT2D eigenvalue weighted by atomic mass is 10.2. The molecule has 0 saturated heterocycles. The second kappa shape index (κ2) is 7.38. The van der Waals surface area contributed by atoms with Gasteiger partial charge in [-0.25, -0.2) is 8.42 Å². The van der Waals surface area contributed by atoms with Crippen LogP contribution in [0.25, 0.3) is 0 Å². The maximum atomic E-state index is 12.7. The number of halogens is 1. The van der Waals surface area contributed by atoms with Gasteiger partial charge in [0.25, 0.3) is 0 Å². The van der Waals surface area contributed by atoms with Crippen LogP contribution in [0, 0.1) is 6.92 Å². The summed E-state index contributed by atoms with van der Waals surface area (Å²) in [5, 5.41) is 2.70. The fourth-order valence-electron chi connectivity index (χ4n) is 1.89. The summed E-state index contributed by atoms with van der Waals surface area (Å²) in [5.41, 5.74) is 0.654. The van der Waals surface area contributed by atoms with Gasteiger partial charge in [-0.1, -0.05) is 28.9 Å². The molecule has 0 radical (unpaired) electrons. The predicted molar refractivity (Wildman–Crippen MR) is 86.6 cm³/mol. The zero-order valence-corrected chi connectivity index (χ0v) is 15.1. The van der Waals surface area contributed by atoms with Crippen LogP contribution in [0.15, 0.2) is 27.6 Å². The first-order valence-electron chi connectivity index (χ1n) is 6.74. The summed E-state index contributed by atoms with van der Waals surface area (Å²) in [6.07, 6.45) is 0. The van der Waals surface area contributed by atoms with Gasteiger partial charge in [0, 0.05) is 17.1 Å². The highest BCUT2D eigenvalue weighted by Crippen LogP contribution is 2.23. The van der Waals surface area contributed by atoms with E-state index in [1.54, 1.807) is 32.0 Å². The van der Waals surface area contributed by atoms with Gasteiger partial charge < -0.3 is 5.32 Å². The third kappa shape index (κ3) is 4.79. The van der Waals surface area contributed by atoms with Gasteiger partial charge in [-0.05, 0) is 38.5 Å². The lowest BCUT2D eigenvalue weighted by molar-refractivity contribution is -0.121. The predicted octanol–water partition coefficient (Wildman–Crippen LogP) is 2.29. The minimum atomic E-state index is -3.69. The molecule has 1 rings (SSSR count). The minimum Gasteiger partial charge on any atom is -0.353 e. The molecule has 1 aromatic carbocycles. The average molecular weight is 377 g/mol. The SMILES string of the molecule is CCN(CC(=O)NC(C)C)S(=O)(=O)c1cc(Br)ccc1C. The van der Waals surface area contributed by atoms with E-state index in [4.69, 9.17) is 0 Å². The molecule has 0 saturated carbocycles. The van der Waals surface area contributed by atoms with E-state index in [1.165, 1.54) is 4.31 Å². The van der Waals surface area contributed by atoms with Gasteiger partial charge in [0.1, 0.15) is 0 Å². The van der Waals surface area contributed by atoms with Crippen LogP contribution < -0.4 is 5.32 Å². The Morgan fingerprint density at radius 1 is 1.38 bits per heavy atom. The normalized spacial score (nSPS) is 12.0. The van der Waals surface area contributed by atoms with Crippen molar-refractivity contribution in [2.24, 2.45) is 0 Å². The average Bonchev–Trinajstić information content (AvgIpc) is 2.37. The molecule has 0 fully saturated rings. The monoisotopic (exact) mass is 376 g/mol. The van der Waals surface area contributed by atoms with E-state index in [-0.39, 0.29) is 29.9 Å². The lowest BCUT2D eigenvalue weighted by Crippen LogP contribution is -2.42. The molecule has 0 atom stereocenters. The summed E-state index contributed by atoms with van der Waals surface area (Å²) >= 11 is 3.28. The zero-order valence-electron chi connectivity index (χ0n) is 12.7. The molecule has 0 heterocycles. The van der Waals surface area contributed by atoms with E-state index in [2.05, 4.69) is 21.2 Å². The number of benzene rings is 1. The van der Waals surface area contributed by atoms with Crippen LogP contribution in [0.4, 0.5) is 0 Å². The number of hydrogen-bond donors (Lipinski definition) is 1. The van der Waals surface area contributed by atoms with E-state index in [1.807, 2.05) is 13.8 Å². The largest absolute Gasteiger partial charge is 0.353 e. The highest BCUT2D eigenvalue weighted by Gasteiger charge is 2.27. The molecule has 0 spiro atoms. The molecule has 1 N–H and O–H groups in total. The quantitative estimate of drug-likeness (QED) is 0.827. The van der Waals surface area contributed by atoms with Gasteiger partial charge in [-0.15, -0.1) is 0 Å². The smallest absolute Gasteiger partial charge is 0.243 e. The number of likely N-dealkylation sites (N-methyl/N-ethyl adjacent to an activating group) is 1. The van der Waals surface area contributed by atoms with Gasteiger partial charge in [-0.3, -0.25) is 4.79 Å². The number of nitrogens with one attached hydrogen (secondary N) is 1. The Labute approximate surface area is 134 Å². The molecule has 0 aromatic heterocycles. The maximum Gasteiger partial charge on any atom is 0.243 e. The first kappa shape index (κ1) is 18.1. The van der Waals surface area contributed by atoms with Crippen molar-refractivity contribution in [3.8, 4) is 0 Å². The summed E-state index contributed by atoms with van der Waals surface area (Å²) in [4.78, 5) is 12.0. The van der Waals surface area contributed by atoms with Crippen molar-refractivity contribution in [1.29, 1.82) is 0 Å². The first-order chi connectivity index (χ1) is 9.68. The van der Waals surface area contributed by atoms with Crippen molar-refractivity contribution in [3.05, 3.63) is 28.2 Å². The molecular weight excluding hydrogens is 356 g/mol. The summed E-state index contributed by atoms with van der Waals surface area (Å²) in [6.45, 7) is 7.18. The van der Waals surface area contributed by atoms with Gasteiger partial charge in [0.2, 0.25) is 15.9 Å². The topological polar surface area (TPSA) is 66.5 Å². The van der Waals surface area contributed by atoms with Crippen LogP contribution >= 0.6 is 15.9 Å². The molecule has 0 bridgehead atoms. The zero-order chi connectivity index (χ0) is 16.2. The number of hydrogen-bond acceptors (Lipinski definition) is 3. The van der Waals surface area contributed by atoms with Crippen molar-refractivity contribution in [3.63, 3.8) is 0 Å². The summed E-state index contributed by atoms with van der Waals surface area (Å²) in [5.74, 6) is -0.303. The van der Waals surface area contributed by atoms with Crippen molar-refractivity contribution in [2.45, 2.75) is 38.6 Å². The van der Waals surface area contributed by atoms with Gasteiger partial charge in [0.15, 0.2) is 0 Å². The highest BCUT2D eigenvalue weighted by molar-refractivity contribution is 9.10. The lowest BCUT2D eigenvalue weighted by Gasteiger charge is -2.22. The van der Waals surface area contributed by atoms with Crippen LogP contribution in [-0.4, -0.2) is 37.8 Å². The molecule has 118 valence electrons. The van der Waals surface area contributed by atoms with Gasteiger partial charge in [-0.2, -0.15) is 4.31 Å². The Morgan fingerprint density at radius 2 is 2.00 bits per heavy atom. The third-order valence-electron chi connectivity index (χ3n) is 2.89. The number of carbonyl (C=O) groups is 1. The van der Waals surface area contributed by atoms with Crippen molar-refractivity contribution >= 4 is 31.9 Å². The molecule has 7 heteroatoms. The van der Waals surface area contributed by atoms with E-state index in [9.17, 15) is 13.2 Å². The van der Waals surface area contributed by atoms with E-state index < -0.39 is 10.0 Å². The highest BCUT2D eigenvalue weighted by atomic mass is 79.9. The molecular formula is C14H21BrN2O3S. The second-order valence-electron chi connectivity index (χ2n) is 5.06. The minimum absolute atomic E-state index is 0.0217. The van der Waals surface area contributed by atoms with Crippen LogP contribution in [0.5, 0.6) is 0 Å². The molecule has 5 nitrogen and oxygen atoms in total. The third-order valence-corrected chi connectivity index (χ3v) is 5.45. The number of aryl methyl sites for hydroxylation is 1. The Balaban J connectivity index is 3.08. The molecule has 0 aliphatic heterocycles. The summed E-state index contributed by atoms with van der Waals surface area (Å²) < 4.78 is 27.2. The van der Waals surface area contributed by atoms with Gasteiger partial charge in [0.05, 0.1) is 11.4 Å². The van der Waals surface area contributed by atoms with Crippen LogP contribution in [-0.2, 0) is 14.8 Å². The van der Waals surface area contributed by atoms with E-state index >= 15 is 0 Å². The first-order valence-corrected chi connectivity index (χ1v) is 8.97. The fourth-order valence-corrected chi connectivity index (χ4v) is 4.05. The van der Waals surface area contributed by atoms with Crippen molar-refractivity contribution < 1.29 is 13.2 Å². The Bertz CT molecular complexity index is 615. The Kier molecular flexibility index (Phi) is 6.37. The Morgan fingerprint density at radius 3 is 2.52 bits per heavy atom. The molecule has 0 aliphatic carbocycles. The second-order valence-corrected chi connectivity index (χ2v) is 7.89. The van der Waals surface area contributed by atoms with Crippen LogP contribution in [0.3, 0.4) is 0 Å². The molecule has 1 aromatic rings. The standard InChI is InChI=1S/C14H21BrN2O3S/c1-5-17(9-14(18)16-10(2)3)21(19,20)13-8-12(15)7-6-11(13)4/h6-8,10H,5,9H2,1-4H3,(H,16,18). The molecule has 21 heavy (non-hydrogen) atoms. The van der Waals surface area contributed by atoms with Crippen molar-refractivity contribution in [2.75, 3.05) is 13.1 Å². The summed E-state index contributed by atoms with van der Waals surface area (Å²) in [6, 6.07) is 5.06. The number of amides is 1. The van der Waals surface area contributed by atoms with Crippen molar-refractivity contribution in [1.82, 2.24) is 9.62 Å². The molecule has 0 aliphatic rings. The maximum absolute atomic E-state index is 12.7. The number of nitrogens with zero attached hydrogens (tertiary/aromatic N) is 1. The molecule has 1 amide bonds. The van der Waals surface area contributed by atoms with Crippen LogP contribution in [0.1, 0.15) is 26.3 Å². The molecule has 0 unspecified atom stereocenters. The van der Waals surface area contributed by atoms with E-state index in [0.717, 1.165) is 0 Å². The number of rotatable bonds is 6.